The molecule has 0 saturated heterocycles. The first-order valence-electron chi connectivity index (χ1n) is 3.61. The van der Waals surface area contributed by atoms with Crippen LogP contribution in [0.3, 0.4) is 0 Å². The normalized spacial score (nSPS) is 10.6. The van der Waals surface area contributed by atoms with Gasteiger partial charge in [0.15, 0.2) is 5.82 Å². The standard InChI is InChI=1S/C7H7ClN4O/c1-3-2-10-11-5(3)6-4(8)7(9)12-13-6/h2H,1H3,(H2,9,12)(H,10,11). The molecule has 0 aliphatic rings. The SMILES string of the molecule is Cc1cn[nH]c1-c1onc(N)c1Cl. The molecular weight excluding hydrogens is 192 g/mol. The van der Waals surface area contributed by atoms with E-state index in [4.69, 9.17) is 21.9 Å². The van der Waals surface area contributed by atoms with Gasteiger partial charge < -0.3 is 10.3 Å². The summed E-state index contributed by atoms with van der Waals surface area (Å²) >= 11 is 5.84. The van der Waals surface area contributed by atoms with Crippen molar-refractivity contribution in [3.05, 3.63) is 16.8 Å². The maximum Gasteiger partial charge on any atom is 0.205 e. The molecule has 2 rings (SSSR count). The summed E-state index contributed by atoms with van der Waals surface area (Å²) in [7, 11) is 0. The minimum Gasteiger partial charge on any atom is -0.380 e. The summed E-state index contributed by atoms with van der Waals surface area (Å²) in [6.07, 6.45) is 1.67. The summed E-state index contributed by atoms with van der Waals surface area (Å²) in [5, 5.41) is 10.4. The van der Waals surface area contributed by atoms with Crippen molar-refractivity contribution in [1.29, 1.82) is 0 Å². The highest BCUT2D eigenvalue weighted by Gasteiger charge is 2.16. The van der Waals surface area contributed by atoms with E-state index >= 15 is 0 Å². The number of halogens is 1. The Morgan fingerprint density at radius 2 is 2.38 bits per heavy atom. The second-order valence-corrected chi connectivity index (χ2v) is 3.02. The van der Waals surface area contributed by atoms with Gasteiger partial charge in [-0.15, -0.1) is 0 Å². The fourth-order valence-electron chi connectivity index (χ4n) is 1.02. The summed E-state index contributed by atoms with van der Waals surface area (Å²) in [6.45, 7) is 1.88. The highest BCUT2D eigenvalue weighted by atomic mass is 35.5. The van der Waals surface area contributed by atoms with Gasteiger partial charge in [-0.3, -0.25) is 5.10 Å². The zero-order chi connectivity index (χ0) is 9.42. The largest absolute Gasteiger partial charge is 0.380 e. The fraction of sp³-hybridized carbons (Fsp3) is 0.143. The predicted octanol–water partition coefficient (Wildman–Crippen LogP) is 1.61. The zero-order valence-electron chi connectivity index (χ0n) is 6.84. The Morgan fingerprint density at radius 3 is 2.85 bits per heavy atom. The van der Waals surface area contributed by atoms with Crippen molar-refractivity contribution in [3.63, 3.8) is 0 Å². The van der Waals surface area contributed by atoms with Gasteiger partial charge in [-0.2, -0.15) is 5.10 Å². The van der Waals surface area contributed by atoms with Crippen LogP contribution in [-0.4, -0.2) is 15.4 Å². The van der Waals surface area contributed by atoms with E-state index in [0.717, 1.165) is 5.56 Å². The van der Waals surface area contributed by atoms with Gasteiger partial charge in [0.05, 0.1) is 6.20 Å². The highest BCUT2D eigenvalue weighted by Crippen LogP contribution is 2.32. The van der Waals surface area contributed by atoms with Gasteiger partial charge in [-0.1, -0.05) is 16.8 Å². The van der Waals surface area contributed by atoms with Gasteiger partial charge in [0.1, 0.15) is 10.7 Å². The molecule has 2 aromatic rings. The average molecular weight is 199 g/mol. The Labute approximate surface area is 78.9 Å². The number of rotatable bonds is 1. The molecule has 0 spiro atoms. The first-order chi connectivity index (χ1) is 6.20. The van der Waals surface area contributed by atoms with E-state index in [1.807, 2.05) is 6.92 Å². The van der Waals surface area contributed by atoms with Gasteiger partial charge in [0.25, 0.3) is 0 Å². The second-order valence-electron chi connectivity index (χ2n) is 2.64. The molecule has 0 fully saturated rings. The second kappa shape index (κ2) is 2.77. The lowest BCUT2D eigenvalue weighted by molar-refractivity contribution is 0.434. The van der Waals surface area contributed by atoms with Crippen molar-refractivity contribution < 1.29 is 4.52 Å². The van der Waals surface area contributed by atoms with Crippen LogP contribution in [0.1, 0.15) is 5.56 Å². The molecule has 0 atom stereocenters. The third kappa shape index (κ3) is 1.17. The third-order valence-corrected chi connectivity index (χ3v) is 2.08. The average Bonchev–Trinajstić information content (AvgIpc) is 2.62. The predicted molar refractivity (Wildman–Crippen MR) is 48.2 cm³/mol. The van der Waals surface area contributed by atoms with Crippen molar-refractivity contribution in [2.75, 3.05) is 5.73 Å². The van der Waals surface area contributed by atoms with Gasteiger partial charge in [-0.05, 0) is 12.5 Å². The van der Waals surface area contributed by atoms with E-state index in [9.17, 15) is 0 Å². The van der Waals surface area contributed by atoms with Crippen LogP contribution in [0.4, 0.5) is 5.82 Å². The fourth-order valence-corrected chi connectivity index (χ4v) is 1.19. The van der Waals surface area contributed by atoms with Crippen molar-refractivity contribution in [1.82, 2.24) is 15.4 Å². The molecule has 0 aliphatic heterocycles. The molecule has 0 radical (unpaired) electrons. The Balaban J connectivity index is 2.59. The number of hydrogen-bond acceptors (Lipinski definition) is 4. The van der Waals surface area contributed by atoms with Crippen molar-refractivity contribution in [2.24, 2.45) is 0 Å². The highest BCUT2D eigenvalue weighted by molar-refractivity contribution is 6.35. The zero-order valence-corrected chi connectivity index (χ0v) is 7.59. The first kappa shape index (κ1) is 8.12. The number of aromatic nitrogens is 3. The van der Waals surface area contributed by atoms with Crippen LogP contribution in [0.5, 0.6) is 0 Å². The number of nitrogens with zero attached hydrogens (tertiary/aromatic N) is 2. The summed E-state index contributed by atoms with van der Waals surface area (Å²) in [6, 6.07) is 0. The van der Waals surface area contributed by atoms with E-state index in [1.54, 1.807) is 6.20 Å². The molecule has 6 heteroatoms. The van der Waals surface area contributed by atoms with Gasteiger partial charge >= 0.3 is 0 Å². The van der Waals surface area contributed by atoms with Gasteiger partial charge in [-0.25, -0.2) is 0 Å². The van der Waals surface area contributed by atoms with Crippen molar-refractivity contribution in [2.45, 2.75) is 6.92 Å². The van der Waals surface area contributed by atoms with E-state index < -0.39 is 0 Å². The van der Waals surface area contributed by atoms with Crippen LogP contribution in [0.15, 0.2) is 10.7 Å². The molecule has 68 valence electrons. The quantitative estimate of drug-likeness (QED) is 0.730. The monoisotopic (exact) mass is 198 g/mol. The van der Waals surface area contributed by atoms with Crippen LogP contribution < -0.4 is 5.73 Å². The molecule has 5 nitrogen and oxygen atoms in total. The molecule has 0 aliphatic carbocycles. The molecule has 13 heavy (non-hydrogen) atoms. The number of nitrogens with one attached hydrogen (secondary N) is 1. The van der Waals surface area contributed by atoms with E-state index in [0.29, 0.717) is 16.5 Å². The lowest BCUT2D eigenvalue weighted by Crippen LogP contribution is -1.83. The number of anilines is 1. The number of aromatic amines is 1. The van der Waals surface area contributed by atoms with Gasteiger partial charge in [0.2, 0.25) is 5.76 Å². The molecular formula is C7H7ClN4O. The van der Waals surface area contributed by atoms with Crippen LogP contribution in [0.25, 0.3) is 11.5 Å². The molecule has 0 bridgehead atoms. The van der Waals surface area contributed by atoms with Crippen molar-refractivity contribution in [3.8, 4) is 11.5 Å². The van der Waals surface area contributed by atoms with E-state index in [2.05, 4.69) is 15.4 Å². The number of nitrogens with two attached hydrogens (primary N) is 1. The number of aryl methyl sites for hydroxylation is 1. The van der Waals surface area contributed by atoms with E-state index in [1.165, 1.54) is 0 Å². The minimum atomic E-state index is 0.186. The third-order valence-electron chi connectivity index (χ3n) is 1.72. The van der Waals surface area contributed by atoms with Crippen LogP contribution in [-0.2, 0) is 0 Å². The topological polar surface area (TPSA) is 80.7 Å². The molecule has 2 heterocycles. The molecule has 2 aromatic heterocycles. The number of hydrogen-bond donors (Lipinski definition) is 2. The van der Waals surface area contributed by atoms with Crippen LogP contribution in [0, 0.1) is 6.92 Å². The number of H-pyrrole nitrogens is 1. The first-order valence-corrected chi connectivity index (χ1v) is 3.99. The van der Waals surface area contributed by atoms with Crippen LogP contribution in [0.2, 0.25) is 5.02 Å². The molecule has 0 aromatic carbocycles. The Kier molecular flexibility index (Phi) is 1.73. The Bertz CT molecular complexity index is 433. The molecule has 0 amide bonds. The molecule has 3 N–H and O–H groups in total. The summed E-state index contributed by atoms with van der Waals surface area (Å²) in [5.41, 5.74) is 7.06. The summed E-state index contributed by atoms with van der Waals surface area (Å²) < 4.78 is 4.94. The van der Waals surface area contributed by atoms with Crippen LogP contribution >= 0.6 is 11.6 Å². The van der Waals surface area contributed by atoms with E-state index in [-0.39, 0.29) is 5.82 Å². The summed E-state index contributed by atoms with van der Waals surface area (Å²) in [5.74, 6) is 0.611. The van der Waals surface area contributed by atoms with Gasteiger partial charge in [0, 0.05) is 0 Å². The minimum absolute atomic E-state index is 0.186. The Morgan fingerprint density at radius 1 is 1.62 bits per heavy atom. The summed E-state index contributed by atoms with van der Waals surface area (Å²) in [4.78, 5) is 0. The smallest absolute Gasteiger partial charge is 0.205 e. The lowest BCUT2D eigenvalue weighted by atomic mass is 10.2. The lowest BCUT2D eigenvalue weighted by Gasteiger charge is -1.91. The van der Waals surface area contributed by atoms with Crippen molar-refractivity contribution >= 4 is 17.4 Å². The maximum atomic E-state index is 5.84. The number of nitrogen functional groups attached to an aromatic ring is 1. The molecule has 0 unspecified atom stereocenters. The molecule has 0 saturated carbocycles. The Hall–Kier alpha value is -1.49. The maximum absolute atomic E-state index is 5.84.